The molecule has 128 valence electrons. The van der Waals surface area contributed by atoms with Crippen molar-refractivity contribution in [2.24, 2.45) is 0 Å². The van der Waals surface area contributed by atoms with Crippen molar-refractivity contribution in [3.63, 3.8) is 0 Å². The van der Waals surface area contributed by atoms with Crippen LogP contribution in [0.2, 0.25) is 0 Å². The number of anilines is 1. The van der Waals surface area contributed by atoms with Crippen LogP contribution in [0, 0.1) is 11.3 Å². The summed E-state index contributed by atoms with van der Waals surface area (Å²) in [6.07, 6.45) is 6.10. The minimum absolute atomic E-state index is 0.177. The zero-order valence-corrected chi connectivity index (χ0v) is 14.5. The maximum absolute atomic E-state index is 9.13. The van der Waals surface area contributed by atoms with Gasteiger partial charge in [-0.2, -0.15) is 10.4 Å². The Morgan fingerprint density at radius 3 is 3.19 bits per heavy atom. The lowest BCUT2D eigenvalue weighted by atomic mass is 9.97. The molecule has 0 aliphatic heterocycles. The summed E-state index contributed by atoms with van der Waals surface area (Å²) in [6, 6.07) is 8.44. The maximum Gasteiger partial charge on any atom is 0.194 e. The van der Waals surface area contributed by atoms with Crippen molar-refractivity contribution in [3.8, 4) is 17.5 Å². The van der Waals surface area contributed by atoms with Crippen LogP contribution in [0.1, 0.15) is 34.5 Å². The molecule has 0 unspecified atom stereocenters. The summed E-state index contributed by atoms with van der Waals surface area (Å²) < 4.78 is 5.39. The average molecular weight is 362 g/mol. The van der Waals surface area contributed by atoms with Crippen molar-refractivity contribution in [1.29, 1.82) is 5.26 Å². The van der Waals surface area contributed by atoms with Gasteiger partial charge in [-0.05, 0) is 37.5 Å². The molecular weight excluding hydrogens is 348 g/mol. The number of nitrogens with zero attached hydrogens (tertiary/aromatic N) is 4. The highest BCUT2D eigenvalue weighted by molar-refractivity contribution is 7.12. The van der Waals surface area contributed by atoms with Gasteiger partial charge < -0.3 is 9.73 Å². The van der Waals surface area contributed by atoms with Crippen LogP contribution in [0.3, 0.4) is 0 Å². The molecule has 26 heavy (non-hydrogen) atoms. The van der Waals surface area contributed by atoms with E-state index in [4.69, 9.17) is 9.68 Å². The molecule has 1 aliphatic rings. The Bertz CT molecular complexity index is 1120. The molecular formula is C18H14N6OS. The van der Waals surface area contributed by atoms with Crippen LogP contribution in [0.15, 0.2) is 35.2 Å². The summed E-state index contributed by atoms with van der Waals surface area (Å²) >= 11 is 1.49. The fraction of sp³-hybridized carbons (Fsp3) is 0.222. The fourth-order valence-corrected chi connectivity index (χ4v) is 4.43. The molecule has 3 aromatic heterocycles. The van der Waals surface area contributed by atoms with Gasteiger partial charge in [-0.1, -0.05) is 0 Å². The summed E-state index contributed by atoms with van der Waals surface area (Å²) in [6.45, 7) is 0. The third kappa shape index (κ3) is 2.45. The van der Waals surface area contributed by atoms with Crippen LogP contribution < -0.4 is 5.32 Å². The second-order valence-electron chi connectivity index (χ2n) is 6.23. The number of fused-ring (bicyclic) bond motifs is 2. The first-order valence-corrected chi connectivity index (χ1v) is 9.16. The number of H-pyrrole nitrogens is 1. The molecule has 0 fully saturated rings. The molecule has 1 aliphatic carbocycles. The van der Waals surface area contributed by atoms with E-state index in [9.17, 15) is 0 Å². The van der Waals surface area contributed by atoms with Crippen molar-refractivity contribution in [2.45, 2.75) is 25.3 Å². The Morgan fingerprint density at radius 1 is 1.38 bits per heavy atom. The van der Waals surface area contributed by atoms with E-state index in [1.165, 1.54) is 22.6 Å². The number of thiazole rings is 1. The number of hydrogen-bond acceptors (Lipinski definition) is 7. The molecule has 2 N–H and O–H groups in total. The van der Waals surface area contributed by atoms with Gasteiger partial charge in [0.2, 0.25) is 0 Å². The van der Waals surface area contributed by atoms with E-state index in [2.05, 4.69) is 37.6 Å². The topological polar surface area (TPSA) is 103 Å². The van der Waals surface area contributed by atoms with Crippen LogP contribution in [0.25, 0.3) is 22.4 Å². The lowest BCUT2D eigenvalue weighted by Gasteiger charge is -2.23. The lowest BCUT2D eigenvalue weighted by molar-refractivity contribution is 0.570. The Kier molecular flexibility index (Phi) is 3.47. The van der Waals surface area contributed by atoms with Crippen molar-refractivity contribution >= 4 is 27.9 Å². The minimum Gasteiger partial charge on any atom is -0.442 e. The highest BCUT2D eigenvalue weighted by Crippen LogP contribution is 2.37. The molecule has 1 aromatic carbocycles. The summed E-state index contributed by atoms with van der Waals surface area (Å²) in [5.41, 5.74) is 3.75. The molecule has 1 atom stereocenters. The first-order valence-electron chi connectivity index (χ1n) is 8.35. The number of aromatic nitrogens is 4. The average Bonchev–Trinajstić information content (AvgIpc) is 3.40. The third-order valence-electron chi connectivity index (χ3n) is 4.62. The zero-order valence-electron chi connectivity index (χ0n) is 13.7. The van der Waals surface area contributed by atoms with E-state index in [-0.39, 0.29) is 6.04 Å². The van der Waals surface area contributed by atoms with Gasteiger partial charge in [-0.15, -0.1) is 11.3 Å². The molecule has 0 bridgehead atoms. The number of nitrogens with one attached hydrogen (secondary N) is 2. The largest absolute Gasteiger partial charge is 0.442 e. The van der Waals surface area contributed by atoms with E-state index in [1.807, 2.05) is 12.1 Å². The zero-order chi connectivity index (χ0) is 17.5. The van der Waals surface area contributed by atoms with Crippen molar-refractivity contribution in [1.82, 2.24) is 20.2 Å². The third-order valence-corrected chi connectivity index (χ3v) is 5.73. The predicted octanol–water partition coefficient (Wildman–Crippen LogP) is 4.04. The van der Waals surface area contributed by atoms with Crippen molar-refractivity contribution in [3.05, 3.63) is 46.4 Å². The molecule has 8 heteroatoms. The minimum atomic E-state index is 0.177. The van der Waals surface area contributed by atoms with Crippen molar-refractivity contribution < 1.29 is 4.42 Å². The normalized spacial score (nSPS) is 16.3. The fourth-order valence-electron chi connectivity index (χ4n) is 3.43. The highest BCUT2D eigenvalue weighted by atomic mass is 32.1. The molecule has 5 rings (SSSR count). The summed E-state index contributed by atoms with van der Waals surface area (Å²) in [4.78, 5) is 9.58. The summed E-state index contributed by atoms with van der Waals surface area (Å²) in [7, 11) is 0. The smallest absolute Gasteiger partial charge is 0.194 e. The van der Waals surface area contributed by atoms with Gasteiger partial charge in [0.05, 0.1) is 28.3 Å². The van der Waals surface area contributed by atoms with Gasteiger partial charge in [-0.25, -0.2) is 9.97 Å². The van der Waals surface area contributed by atoms with Crippen LogP contribution >= 0.6 is 11.3 Å². The number of nitriles is 1. The molecule has 0 spiro atoms. The number of aryl methyl sites for hydroxylation is 1. The van der Waals surface area contributed by atoms with Crippen molar-refractivity contribution in [2.75, 3.05) is 5.32 Å². The first-order chi connectivity index (χ1) is 12.8. The number of oxazole rings is 1. The number of hydrogen-bond donors (Lipinski definition) is 2. The van der Waals surface area contributed by atoms with Gasteiger partial charge in [0.15, 0.2) is 17.2 Å². The predicted molar refractivity (Wildman–Crippen MR) is 97.7 cm³/mol. The van der Waals surface area contributed by atoms with E-state index >= 15 is 0 Å². The van der Waals surface area contributed by atoms with Gasteiger partial charge in [-0.3, -0.25) is 5.10 Å². The second kappa shape index (κ2) is 5.97. The first kappa shape index (κ1) is 15.1. The lowest BCUT2D eigenvalue weighted by Crippen LogP contribution is -2.15. The van der Waals surface area contributed by atoms with Gasteiger partial charge in [0, 0.05) is 11.1 Å². The number of benzene rings is 1. The van der Waals surface area contributed by atoms with E-state index < -0.39 is 0 Å². The SMILES string of the molecule is N#Cc1nc2c(s1)[C@@H](Nc1ccc3[nH]nc(-c4cnco4)c3c1)CCC2. The van der Waals surface area contributed by atoms with Gasteiger partial charge >= 0.3 is 0 Å². The molecule has 0 amide bonds. The summed E-state index contributed by atoms with van der Waals surface area (Å²) in [5, 5.41) is 21.6. The Labute approximate surface area is 152 Å². The number of aromatic amines is 1. The van der Waals surface area contributed by atoms with E-state index in [0.717, 1.165) is 47.2 Å². The maximum atomic E-state index is 9.13. The Hall–Kier alpha value is -3.18. The summed E-state index contributed by atoms with van der Waals surface area (Å²) in [5.74, 6) is 0.634. The van der Waals surface area contributed by atoms with Gasteiger partial charge in [0.25, 0.3) is 0 Å². The molecule has 4 aromatic rings. The van der Waals surface area contributed by atoms with Gasteiger partial charge in [0.1, 0.15) is 11.8 Å². The quantitative estimate of drug-likeness (QED) is 0.570. The number of rotatable bonds is 3. The molecule has 0 saturated carbocycles. The van der Waals surface area contributed by atoms with Crippen LogP contribution in [-0.4, -0.2) is 20.2 Å². The Morgan fingerprint density at radius 2 is 2.35 bits per heavy atom. The van der Waals surface area contributed by atoms with E-state index in [1.54, 1.807) is 6.20 Å². The molecule has 7 nitrogen and oxygen atoms in total. The molecule has 0 radical (unpaired) electrons. The highest BCUT2D eigenvalue weighted by Gasteiger charge is 2.25. The Balaban J connectivity index is 1.50. The monoisotopic (exact) mass is 362 g/mol. The molecule has 3 heterocycles. The standard InChI is InChI=1S/C18H14N6OS/c19-7-16-22-14-3-1-2-13(18(14)26-16)21-10-4-5-12-11(6-10)17(24-23-12)15-8-20-9-25-15/h4-6,8-9,13,21H,1-3H2,(H,23,24)/t13-/m0/s1. The van der Waals surface area contributed by atoms with Crippen LogP contribution in [0.4, 0.5) is 5.69 Å². The van der Waals surface area contributed by atoms with Crippen LogP contribution in [-0.2, 0) is 6.42 Å². The second-order valence-corrected chi connectivity index (χ2v) is 7.26. The van der Waals surface area contributed by atoms with Crippen LogP contribution in [0.5, 0.6) is 0 Å². The molecule has 0 saturated heterocycles. The van der Waals surface area contributed by atoms with E-state index in [0.29, 0.717) is 10.8 Å².